The smallest absolute Gasteiger partial charge is 0.250 e. The number of hydrogen-bond acceptors (Lipinski definition) is 6. The van der Waals surface area contributed by atoms with Gasteiger partial charge < -0.3 is 4.74 Å². The molecule has 3 rings (SSSR count). The summed E-state index contributed by atoms with van der Waals surface area (Å²) in [5, 5.41) is 0. The van der Waals surface area contributed by atoms with E-state index >= 15 is 0 Å². The van der Waals surface area contributed by atoms with Crippen LogP contribution in [0.4, 0.5) is 0 Å². The first-order chi connectivity index (χ1) is 11.1. The van der Waals surface area contributed by atoms with Crippen molar-refractivity contribution in [2.75, 3.05) is 39.4 Å². The minimum atomic E-state index is -3.45. The van der Waals surface area contributed by atoms with E-state index in [4.69, 9.17) is 4.74 Å². The number of nitrogens with one attached hydrogen (secondary N) is 1. The predicted octanol–water partition coefficient (Wildman–Crippen LogP) is 1.42. The van der Waals surface area contributed by atoms with Crippen molar-refractivity contribution in [3.05, 3.63) is 36.7 Å². The van der Waals surface area contributed by atoms with Crippen LogP contribution in [0.25, 0.3) is 10.4 Å². The van der Waals surface area contributed by atoms with Gasteiger partial charge in [-0.2, -0.15) is 0 Å². The third-order valence-corrected chi connectivity index (χ3v) is 6.72. The quantitative estimate of drug-likeness (QED) is 0.850. The highest BCUT2D eigenvalue weighted by Gasteiger charge is 2.18. The van der Waals surface area contributed by atoms with E-state index in [0.717, 1.165) is 23.5 Å². The highest BCUT2D eigenvalue weighted by atomic mass is 32.2. The van der Waals surface area contributed by atoms with Crippen LogP contribution in [0, 0.1) is 0 Å². The first-order valence-corrected chi connectivity index (χ1v) is 9.75. The number of ether oxygens (including phenoxy) is 1. The van der Waals surface area contributed by atoms with Crippen molar-refractivity contribution < 1.29 is 13.2 Å². The molecule has 2 aromatic heterocycles. The Hall–Kier alpha value is -1.32. The zero-order chi connectivity index (χ0) is 16.1. The number of rotatable bonds is 6. The number of hydrogen-bond donors (Lipinski definition) is 1. The molecule has 2 aromatic rings. The Kier molecular flexibility index (Phi) is 5.39. The van der Waals surface area contributed by atoms with Crippen molar-refractivity contribution in [1.29, 1.82) is 0 Å². The van der Waals surface area contributed by atoms with Crippen LogP contribution >= 0.6 is 11.3 Å². The van der Waals surface area contributed by atoms with Gasteiger partial charge in [0.2, 0.25) is 10.0 Å². The number of aromatic nitrogens is 1. The van der Waals surface area contributed by atoms with Crippen LogP contribution in [0.15, 0.2) is 40.9 Å². The molecule has 0 spiro atoms. The SMILES string of the molecule is O=S(=O)(NCCN1CCOCC1)c1ccc(-c2ccncc2)s1. The van der Waals surface area contributed by atoms with Gasteiger partial charge in [-0.15, -0.1) is 11.3 Å². The minimum absolute atomic E-state index is 0.339. The number of pyridine rings is 1. The summed E-state index contributed by atoms with van der Waals surface area (Å²) in [5.74, 6) is 0. The Morgan fingerprint density at radius 2 is 1.91 bits per heavy atom. The van der Waals surface area contributed by atoms with Gasteiger partial charge in [-0.1, -0.05) is 0 Å². The molecule has 0 atom stereocenters. The molecule has 0 aliphatic carbocycles. The molecular formula is C15H19N3O3S2. The predicted molar refractivity (Wildman–Crippen MR) is 90.0 cm³/mol. The molecular weight excluding hydrogens is 334 g/mol. The standard InChI is InChI=1S/C15H19N3O3S2/c19-23(20,17-7-8-18-9-11-21-12-10-18)15-2-1-14(22-15)13-3-5-16-6-4-13/h1-6,17H,7-12H2. The van der Waals surface area contributed by atoms with Gasteiger partial charge in [-0.25, -0.2) is 13.1 Å². The highest BCUT2D eigenvalue weighted by molar-refractivity contribution is 7.91. The molecule has 23 heavy (non-hydrogen) atoms. The first-order valence-electron chi connectivity index (χ1n) is 7.45. The van der Waals surface area contributed by atoms with E-state index in [1.165, 1.54) is 11.3 Å². The van der Waals surface area contributed by atoms with Crippen LogP contribution in [-0.4, -0.2) is 57.7 Å². The molecule has 0 saturated carbocycles. The summed E-state index contributed by atoms with van der Waals surface area (Å²) in [6.07, 6.45) is 3.40. The summed E-state index contributed by atoms with van der Waals surface area (Å²) in [7, 11) is -3.45. The first kappa shape index (κ1) is 16.5. The molecule has 3 heterocycles. The van der Waals surface area contributed by atoms with Crippen LogP contribution in [0.2, 0.25) is 0 Å². The Labute approximate surface area is 140 Å². The second-order valence-corrected chi connectivity index (χ2v) is 8.28. The molecule has 8 heteroatoms. The molecule has 0 bridgehead atoms. The Morgan fingerprint density at radius 3 is 2.65 bits per heavy atom. The summed E-state index contributed by atoms with van der Waals surface area (Å²) in [6.45, 7) is 4.25. The van der Waals surface area contributed by atoms with Gasteiger partial charge in [0.05, 0.1) is 13.2 Å². The van der Waals surface area contributed by atoms with Crippen LogP contribution in [0.1, 0.15) is 0 Å². The van der Waals surface area contributed by atoms with Crippen LogP contribution in [0.3, 0.4) is 0 Å². The Balaban J connectivity index is 1.60. The third kappa shape index (κ3) is 4.36. The second-order valence-electron chi connectivity index (χ2n) is 5.21. The normalized spacial score (nSPS) is 16.5. The number of nitrogens with zero attached hydrogens (tertiary/aromatic N) is 2. The van der Waals surface area contributed by atoms with E-state index in [-0.39, 0.29) is 0 Å². The average molecular weight is 353 g/mol. The maximum atomic E-state index is 12.4. The van der Waals surface area contributed by atoms with E-state index in [9.17, 15) is 8.42 Å². The topological polar surface area (TPSA) is 71.5 Å². The van der Waals surface area contributed by atoms with E-state index < -0.39 is 10.0 Å². The molecule has 124 valence electrons. The van der Waals surface area contributed by atoms with Gasteiger partial charge in [-0.05, 0) is 29.8 Å². The highest BCUT2D eigenvalue weighted by Crippen LogP contribution is 2.30. The number of sulfonamides is 1. The van der Waals surface area contributed by atoms with Crippen molar-refractivity contribution in [3.8, 4) is 10.4 Å². The lowest BCUT2D eigenvalue weighted by Gasteiger charge is -2.26. The Morgan fingerprint density at radius 1 is 1.17 bits per heavy atom. The van der Waals surface area contributed by atoms with Crippen LogP contribution < -0.4 is 4.72 Å². The van der Waals surface area contributed by atoms with Gasteiger partial charge in [0.15, 0.2) is 0 Å². The number of thiophene rings is 1. The largest absolute Gasteiger partial charge is 0.379 e. The molecule has 1 fully saturated rings. The molecule has 1 aliphatic rings. The fraction of sp³-hybridized carbons (Fsp3) is 0.400. The fourth-order valence-corrected chi connectivity index (χ4v) is 4.75. The molecule has 1 aliphatic heterocycles. The van der Waals surface area contributed by atoms with E-state index in [2.05, 4.69) is 14.6 Å². The maximum Gasteiger partial charge on any atom is 0.250 e. The maximum absolute atomic E-state index is 12.4. The summed E-state index contributed by atoms with van der Waals surface area (Å²) in [4.78, 5) is 7.09. The lowest BCUT2D eigenvalue weighted by Crippen LogP contribution is -2.41. The fourth-order valence-electron chi connectivity index (χ4n) is 2.37. The monoisotopic (exact) mass is 353 g/mol. The molecule has 0 unspecified atom stereocenters. The van der Waals surface area contributed by atoms with Gasteiger partial charge in [0.1, 0.15) is 4.21 Å². The van der Waals surface area contributed by atoms with Crippen LogP contribution in [-0.2, 0) is 14.8 Å². The van der Waals surface area contributed by atoms with E-state index in [0.29, 0.717) is 30.5 Å². The molecule has 0 aromatic carbocycles. The van der Waals surface area contributed by atoms with Crippen molar-refractivity contribution in [2.24, 2.45) is 0 Å². The Bertz CT molecular complexity index is 725. The lowest BCUT2D eigenvalue weighted by atomic mass is 10.2. The minimum Gasteiger partial charge on any atom is -0.379 e. The van der Waals surface area contributed by atoms with E-state index in [1.54, 1.807) is 18.5 Å². The van der Waals surface area contributed by atoms with E-state index in [1.807, 2.05) is 18.2 Å². The average Bonchev–Trinajstić information content (AvgIpc) is 3.07. The van der Waals surface area contributed by atoms with Gasteiger partial charge in [0.25, 0.3) is 0 Å². The zero-order valence-electron chi connectivity index (χ0n) is 12.6. The van der Waals surface area contributed by atoms with Crippen molar-refractivity contribution >= 4 is 21.4 Å². The molecule has 1 N–H and O–H groups in total. The van der Waals surface area contributed by atoms with Gasteiger partial charge >= 0.3 is 0 Å². The lowest BCUT2D eigenvalue weighted by molar-refractivity contribution is 0.0390. The number of morpholine rings is 1. The third-order valence-electron chi connectivity index (χ3n) is 3.63. The van der Waals surface area contributed by atoms with Crippen molar-refractivity contribution in [1.82, 2.24) is 14.6 Å². The summed E-state index contributed by atoms with van der Waals surface area (Å²) in [6, 6.07) is 7.22. The van der Waals surface area contributed by atoms with Crippen molar-refractivity contribution in [3.63, 3.8) is 0 Å². The zero-order valence-corrected chi connectivity index (χ0v) is 14.3. The van der Waals surface area contributed by atoms with Gasteiger partial charge in [0, 0.05) is 43.4 Å². The van der Waals surface area contributed by atoms with Gasteiger partial charge in [-0.3, -0.25) is 9.88 Å². The second kappa shape index (κ2) is 7.50. The van der Waals surface area contributed by atoms with Crippen molar-refractivity contribution in [2.45, 2.75) is 4.21 Å². The van der Waals surface area contributed by atoms with Crippen LogP contribution in [0.5, 0.6) is 0 Å². The summed E-state index contributed by atoms with van der Waals surface area (Å²) < 4.78 is 33.0. The molecule has 0 radical (unpaired) electrons. The summed E-state index contributed by atoms with van der Waals surface area (Å²) in [5.41, 5.74) is 0.972. The molecule has 6 nitrogen and oxygen atoms in total. The summed E-state index contributed by atoms with van der Waals surface area (Å²) >= 11 is 1.27. The molecule has 0 amide bonds. The molecule has 1 saturated heterocycles.